The minimum atomic E-state index is -1.61. The third-order valence-corrected chi connectivity index (χ3v) is 10.8. The maximum absolute atomic E-state index is 13.5. The molecule has 17 nitrogen and oxygen atoms in total. The Bertz CT molecular complexity index is 1890. The van der Waals surface area contributed by atoms with E-state index in [0.29, 0.717) is 63.2 Å². The number of alkyl carbamates (subject to hydrolysis) is 2. The number of para-hydroxylation sites is 1. The summed E-state index contributed by atoms with van der Waals surface area (Å²) in [6.45, 7) is 7.25. The molecule has 61 heavy (non-hydrogen) atoms. The monoisotopic (exact) mass is 843 g/mol. The molecule has 328 valence electrons. The first-order valence-corrected chi connectivity index (χ1v) is 20.2. The molecule has 0 saturated carbocycles. The van der Waals surface area contributed by atoms with Crippen molar-refractivity contribution >= 4 is 52.9 Å². The molecule has 4 atom stereocenters. The van der Waals surface area contributed by atoms with Crippen LogP contribution in [0.25, 0.3) is 0 Å². The van der Waals surface area contributed by atoms with Crippen LogP contribution in [0.3, 0.4) is 0 Å². The number of hydrogen-bond acceptors (Lipinski definition) is 11. The Hall–Kier alpha value is -6.20. The Morgan fingerprint density at radius 2 is 1.02 bits per heavy atom. The second-order valence-electron chi connectivity index (χ2n) is 16.4. The fourth-order valence-electron chi connectivity index (χ4n) is 7.53. The van der Waals surface area contributed by atoms with Crippen LogP contribution in [0.1, 0.15) is 64.5 Å². The van der Waals surface area contributed by atoms with Crippen LogP contribution in [0.15, 0.2) is 78.9 Å². The van der Waals surface area contributed by atoms with Crippen LogP contribution in [0, 0.1) is 0 Å². The van der Waals surface area contributed by atoms with Gasteiger partial charge < -0.3 is 55.7 Å². The van der Waals surface area contributed by atoms with Gasteiger partial charge in [-0.25, -0.2) is 9.59 Å². The molecule has 6 amide bonds. The molecular weight excluding hydrogens is 787 g/mol. The van der Waals surface area contributed by atoms with Crippen molar-refractivity contribution in [3.63, 3.8) is 0 Å². The van der Waals surface area contributed by atoms with Crippen molar-refractivity contribution in [1.82, 2.24) is 20.4 Å². The van der Waals surface area contributed by atoms with Crippen molar-refractivity contribution in [3.8, 4) is 0 Å². The van der Waals surface area contributed by atoms with E-state index in [4.69, 9.17) is 0 Å². The minimum absolute atomic E-state index is 0.295. The van der Waals surface area contributed by atoms with Crippen molar-refractivity contribution in [2.75, 3.05) is 42.8 Å². The summed E-state index contributed by atoms with van der Waals surface area (Å²) in [6.07, 6.45) is 0.273. The predicted octanol–water partition coefficient (Wildman–Crippen LogP) is 3.74. The average molecular weight is 844 g/mol. The Labute approximate surface area is 355 Å². The lowest BCUT2D eigenvalue weighted by molar-refractivity contribution is -0.143. The van der Waals surface area contributed by atoms with Crippen LogP contribution in [-0.2, 0) is 41.7 Å². The average Bonchev–Trinajstić information content (AvgIpc) is 3.93. The van der Waals surface area contributed by atoms with Gasteiger partial charge in [-0.2, -0.15) is 0 Å². The Kier molecular flexibility index (Phi) is 15.0. The molecule has 2 saturated heterocycles. The second kappa shape index (κ2) is 19.9. The van der Waals surface area contributed by atoms with Crippen molar-refractivity contribution in [1.29, 1.82) is 0 Å². The van der Waals surface area contributed by atoms with E-state index in [1.54, 1.807) is 24.3 Å². The molecule has 0 spiro atoms. The van der Waals surface area contributed by atoms with E-state index in [-0.39, 0.29) is 11.8 Å². The number of nitrogens with one attached hydrogen (secondary N) is 4. The summed E-state index contributed by atoms with van der Waals surface area (Å²) in [5.74, 6) is -1.91. The molecular formula is C44H57N7O10. The lowest BCUT2D eigenvalue weighted by atomic mass is 9.97. The number of rotatable bonds is 15. The smallest absolute Gasteiger partial charge is 0.407 e. The molecule has 2 heterocycles. The van der Waals surface area contributed by atoms with E-state index in [0.717, 1.165) is 31.0 Å². The van der Waals surface area contributed by atoms with Gasteiger partial charge in [-0.3, -0.25) is 19.2 Å². The van der Waals surface area contributed by atoms with E-state index in [1.165, 1.54) is 37.5 Å². The molecule has 0 aromatic heterocycles. The van der Waals surface area contributed by atoms with E-state index < -0.39 is 59.4 Å². The molecule has 2 aliphatic heterocycles. The molecule has 6 N–H and O–H groups in total. The van der Waals surface area contributed by atoms with Gasteiger partial charge in [-0.1, -0.05) is 42.5 Å². The second-order valence-corrected chi connectivity index (χ2v) is 16.4. The fraction of sp³-hybridized carbons (Fsp3) is 0.455. The number of nitrogens with zero attached hydrogens (tertiary/aromatic N) is 3. The van der Waals surface area contributed by atoms with Gasteiger partial charge in [0.2, 0.25) is 23.6 Å². The summed E-state index contributed by atoms with van der Waals surface area (Å²) in [5, 5.41) is 31.9. The number of carbonyl (C=O) groups is 6. The van der Waals surface area contributed by atoms with Crippen molar-refractivity contribution in [3.05, 3.63) is 90.0 Å². The first kappa shape index (κ1) is 45.9. The molecule has 3 aromatic carbocycles. The molecule has 2 unspecified atom stereocenters. The fourth-order valence-corrected chi connectivity index (χ4v) is 7.53. The van der Waals surface area contributed by atoms with Gasteiger partial charge in [0.25, 0.3) is 0 Å². The molecule has 2 fully saturated rings. The van der Waals surface area contributed by atoms with Gasteiger partial charge in [-0.15, -0.1) is 0 Å². The number of carbonyl (C=O) groups excluding carboxylic acids is 6. The van der Waals surface area contributed by atoms with E-state index >= 15 is 0 Å². The lowest BCUT2D eigenvalue weighted by Crippen LogP contribution is -2.60. The highest BCUT2D eigenvalue weighted by Gasteiger charge is 2.44. The number of amides is 6. The molecule has 0 radical (unpaired) electrons. The SMILES string of the molecule is COC(=O)NC(C(=O)N1CCC[C@H]1C(=O)Nc1ccc(CN(Cc2ccc(NC(=O)C3CCCN3C(=O)[C@@H](NC(=O)OC)C(C)(C)O)cc2)c2ccccc2)cc1)C(C)(C)O. The van der Waals surface area contributed by atoms with Crippen molar-refractivity contribution < 1.29 is 48.5 Å². The van der Waals surface area contributed by atoms with Crippen LogP contribution in [0.5, 0.6) is 0 Å². The van der Waals surface area contributed by atoms with Crippen molar-refractivity contribution in [2.45, 2.75) is 102 Å². The van der Waals surface area contributed by atoms with Gasteiger partial charge in [0.1, 0.15) is 24.2 Å². The number of benzene rings is 3. The Morgan fingerprint density at radius 3 is 1.36 bits per heavy atom. The number of aliphatic hydroxyl groups is 2. The standard InChI is InChI=1S/C44H57N7O10/c1-43(2,58)35(47-41(56)60-5)39(54)50-24-10-14-33(50)37(52)45-30-20-16-28(17-21-30)26-49(32-12-8-7-9-13-32)27-29-18-22-31(23-19-29)46-38(53)34-15-11-25-51(34)40(55)36(44(3,4)59)48-42(57)61-6/h7-9,12-13,16-23,33-36,58-59H,10-11,14-15,24-27H2,1-6H3,(H,45,52)(H,46,53)(H,47,56)(H,48,57)/t33-,34?,35?,36+/m0/s1. The Morgan fingerprint density at radius 1 is 0.639 bits per heavy atom. The van der Waals surface area contributed by atoms with E-state index in [1.807, 2.05) is 54.6 Å². The summed E-state index contributed by atoms with van der Waals surface area (Å²) in [7, 11) is 2.32. The number of hydrogen-bond donors (Lipinski definition) is 6. The number of methoxy groups -OCH3 is 2. The van der Waals surface area contributed by atoms with Gasteiger partial charge in [0, 0.05) is 43.2 Å². The summed E-state index contributed by atoms with van der Waals surface area (Å²) in [6, 6.07) is 20.5. The van der Waals surface area contributed by atoms with Crippen LogP contribution < -0.4 is 26.2 Å². The third kappa shape index (κ3) is 12.0. The highest BCUT2D eigenvalue weighted by Crippen LogP contribution is 2.27. The zero-order chi connectivity index (χ0) is 44.5. The van der Waals surface area contributed by atoms with Gasteiger partial charge in [0.05, 0.1) is 25.4 Å². The van der Waals surface area contributed by atoms with Gasteiger partial charge >= 0.3 is 12.2 Å². The van der Waals surface area contributed by atoms with E-state index in [2.05, 4.69) is 35.6 Å². The lowest BCUT2D eigenvalue weighted by Gasteiger charge is -2.34. The molecule has 17 heteroatoms. The van der Waals surface area contributed by atoms with Gasteiger partial charge in [0.15, 0.2) is 0 Å². The first-order valence-electron chi connectivity index (χ1n) is 20.2. The summed E-state index contributed by atoms with van der Waals surface area (Å²) >= 11 is 0. The third-order valence-electron chi connectivity index (χ3n) is 10.8. The van der Waals surface area contributed by atoms with E-state index in [9.17, 15) is 39.0 Å². The molecule has 0 bridgehead atoms. The summed E-state index contributed by atoms with van der Waals surface area (Å²) in [4.78, 5) is 82.8. The number of anilines is 3. The zero-order valence-electron chi connectivity index (χ0n) is 35.5. The number of ether oxygens (including phenoxy) is 2. The molecule has 0 aliphatic carbocycles. The molecule has 2 aliphatic rings. The normalized spacial score (nSPS) is 17.4. The van der Waals surface area contributed by atoms with Gasteiger partial charge in [-0.05, 0) is 101 Å². The van der Waals surface area contributed by atoms with Crippen LogP contribution >= 0.6 is 0 Å². The van der Waals surface area contributed by atoms with Crippen LogP contribution in [0.2, 0.25) is 0 Å². The molecule has 3 aromatic rings. The highest BCUT2D eigenvalue weighted by molar-refractivity contribution is 6.00. The number of likely N-dealkylation sites (tertiary alicyclic amines) is 2. The Balaban J connectivity index is 1.21. The largest absolute Gasteiger partial charge is 0.453 e. The zero-order valence-corrected chi connectivity index (χ0v) is 35.5. The topological polar surface area (TPSA) is 219 Å². The van der Waals surface area contributed by atoms with Crippen LogP contribution in [-0.4, -0.2) is 119 Å². The maximum Gasteiger partial charge on any atom is 0.407 e. The maximum atomic E-state index is 13.5. The highest BCUT2D eigenvalue weighted by atomic mass is 16.5. The molecule has 5 rings (SSSR count). The summed E-state index contributed by atoms with van der Waals surface area (Å²) in [5.41, 5.74) is 0.780. The van der Waals surface area contributed by atoms with Crippen LogP contribution in [0.4, 0.5) is 26.7 Å². The minimum Gasteiger partial charge on any atom is -0.453 e. The first-order chi connectivity index (χ1) is 28.9. The summed E-state index contributed by atoms with van der Waals surface area (Å²) < 4.78 is 9.28. The predicted molar refractivity (Wildman–Crippen MR) is 227 cm³/mol. The quantitative estimate of drug-likeness (QED) is 0.130. The van der Waals surface area contributed by atoms with Crippen molar-refractivity contribution in [2.24, 2.45) is 0 Å².